The Bertz CT molecular complexity index is 824. The summed E-state index contributed by atoms with van der Waals surface area (Å²) in [5, 5.41) is 5.64. The third-order valence-corrected chi connectivity index (χ3v) is 4.33. The van der Waals surface area contributed by atoms with Gasteiger partial charge >= 0.3 is 0 Å². The van der Waals surface area contributed by atoms with E-state index in [0.717, 1.165) is 43.0 Å². The molecule has 2 heterocycles. The fraction of sp³-hybridized carbons (Fsp3) is 0.273. The molecule has 1 fully saturated rings. The minimum absolute atomic E-state index is 0. The number of aryl methyl sites for hydroxylation is 2. The molecule has 4 heteroatoms. The fourth-order valence-electron chi connectivity index (χ4n) is 3.08. The van der Waals surface area contributed by atoms with Gasteiger partial charge in [0.15, 0.2) is 0 Å². The summed E-state index contributed by atoms with van der Waals surface area (Å²) in [6, 6.07) is 18.7. The SMILES string of the molecule is Cc1ccc2c(N3CC[N-]CC3)cccc2n1.[CH2-]c1cccc(C)c1.[Y]. The van der Waals surface area contributed by atoms with Crippen LogP contribution in [0.1, 0.15) is 16.8 Å². The van der Waals surface area contributed by atoms with Crippen molar-refractivity contribution in [2.45, 2.75) is 13.8 Å². The van der Waals surface area contributed by atoms with E-state index in [0.29, 0.717) is 0 Å². The summed E-state index contributed by atoms with van der Waals surface area (Å²) in [5.41, 5.74) is 5.82. The Balaban J connectivity index is 0.000000230. The van der Waals surface area contributed by atoms with E-state index in [1.54, 1.807) is 0 Å². The summed E-state index contributed by atoms with van der Waals surface area (Å²) in [6.07, 6.45) is 0. The molecule has 1 aromatic heterocycles. The van der Waals surface area contributed by atoms with Crippen LogP contribution < -0.4 is 4.90 Å². The molecule has 133 valence electrons. The van der Waals surface area contributed by atoms with Gasteiger partial charge in [0.05, 0.1) is 5.52 Å². The van der Waals surface area contributed by atoms with Crippen molar-refractivity contribution >= 4 is 16.6 Å². The second kappa shape index (κ2) is 10.1. The zero-order valence-corrected chi connectivity index (χ0v) is 18.5. The molecule has 1 radical (unpaired) electrons. The maximum Gasteiger partial charge on any atom is 0.0726 e. The minimum atomic E-state index is 0. The van der Waals surface area contributed by atoms with Gasteiger partial charge in [-0.3, -0.25) is 4.98 Å². The zero-order chi connectivity index (χ0) is 17.6. The van der Waals surface area contributed by atoms with Crippen LogP contribution in [-0.2, 0) is 32.7 Å². The molecule has 26 heavy (non-hydrogen) atoms. The molecule has 0 saturated carbocycles. The Labute approximate surface area is 182 Å². The number of nitrogens with zero attached hydrogens (tertiary/aromatic N) is 3. The smallest absolute Gasteiger partial charge is 0.0726 e. The van der Waals surface area contributed by atoms with Crippen molar-refractivity contribution in [2.24, 2.45) is 0 Å². The van der Waals surface area contributed by atoms with E-state index in [1.165, 1.54) is 16.6 Å². The first-order valence-corrected chi connectivity index (χ1v) is 8.77. The van der Waals surface area contributed by atoms with Crippen LogP contribution in [0.25, 0.3) is 16.2 Å². The molecular formula is C22H25N3Y-2. The summed E-state index contributed by atoms with van der Waals surface area (Å²) < 4.78 is 0. The monoisotopic (exact) mass is 420 g/mol. The largest absolute Gasteiger partial charge is 0.659 e. The topological polar surface area (TPSA) is 30.2 Å². The van der Waals surface area contributed by atoms with Gasteiger partial charge in [0.25, 0.3) is 0 Å². The van der Waals surface area contributed by atoms with Crippen LogP contribution in [0.5, 0.6) is 0 Å². The predicted octanol–water partition coefficient (Wildman–Crippen LogP) is 4.91. The second-order valence-electron chi connectivity index (χ2n) is 6.44. The first-order valence-electron chi connectivity index (χ1n) is 8.77. The molecule has 3 nitrogen and oxygen atoms in total. The zero-order valence-electron chi connectivity index (χ0n) is 15.7. The van der Waals surface area contributed by atoms with Crippen molar-refractivity contribution in [3.8, 4) is 0 Å². The van der Waals surface area contributed by atoms with E-state index in [2.05, 4.69) is 71.5 Å². The Hall–Kier alpha value is -1.42. The third-order valence-electron chi connectivity index (χ3n) is 4.33. The molecule has 1 saturated heterocycles. The molecule has 0 atom stereocenters. The normalized spacial score (nSPS) is 13.5. The van der Waals surface area contributed by atoms with Gasteiger partial charge in [-0.25, -0.2) is 0 Å². The van der Waals surface area contributed by atoms with Crippen molar-refractivity contribution in [1.82, 2.24) is 4.98 Å². The number of rotatable bonds is 1. The molecule has 4 rings (SSSR count). The van der Waals surface area contributed by atoms with Gasteiger partial charge in [0.2, 0.25) is 0 Å². The molecule has 1 aliphatic rings. The number of anilines is 1. The van der Waals surface area contributed by atoms with Crippen molar-refractivity contribution < 1.29 is 32.7 Å². The van der Waals surface area contributed by atoms with Gasteiger partial charge in [-0.1, -0.05) is 19.1 Å². The van der Waals surface area contributed by atoms with Crippen molar-refractivity contribution in [2.75, 3.05) is 31.1 Å². The number of aromatic nitrogens is 1. The standard InChI is InChI=1S/C14H16N3.C8H9.Y/c1-11-5-6-12-13(16-11)3-2-4-14(12)17-9-7-15-8-10-17;1-7-4-3-5-8(2)6-7;/h2-6H,7-10H2,1H3;3-6H,1H2,2H3;/q2*-1;. The number of pyridine rings is 1. The van der Waals surface area contributed by atoms with Crippen molar-refractivity contribution in [1.29, 1.82) is 0 Å². The molecule has 0 spiro atoms. The quantitative estimate of drug-likeness (QED) is 0.524. The van der Waals surface area contributed by atoms with Crippen molar-refractivity contribution in [3.63, 3.8) is 0 Å². The third kappa shape index (κ3) is 5.54. The van der Waals surface area contributed by atoms with E-state index < -0.39 is 0 Å². The van der Waals surface area contributed by atoms with E-state index in [9.17, 15) is 0 Å². The van der Waals surface area contributed by atoms with Gasteiger partial charge in [0, 0.05) is 49.5 Å². The van der Waals surface area contributed by atoms with Crippen molar-refractivity contribution in [3.05, 3.63) is 83.7 Å². The molecule has 0 amide bonds. The summed E-state index contributed by atoms with van der Waals surface area (Å²) in [7, 11) is 0. The molecule has 0 aliphatic carbocycles. The van der Waals surface area contributed by atoms with Crippen LogP contribution in [0.4, 0.5) is 5.69 Å². The molecule has 1 aliphatic heterocycles. The van der Waals surface area contributed by atoms with Crippen LogP contribution in [0.3, 0.4) is 0 Å². The second-order valence-corrected chi connectivity index (χ2v) is 6.44. The Morgan fingerprint density at radius 2 is 1.69 bits per heavy atom. The van der Waals surface area contributed by atoms with Crippen LogP contribution in [-0.4, -0.2) is 31.2 Å². The Morgan fingerprint density at radius 1 is 0.962 bits per heavy atom. The number of piperazine rings is 1. The Kier molecular flexibility index (Phi) is 8.08. The van der Waals surface area contributed by atoms with E-state index in [1.807, 2.05) is 19.1 Å². The van der Waals surface area contributed by atoms with Crippen LogP contribution in [0.2, 0.25) is 0 Å². The predicted molar refractivity (Wildman–Crippen MR) is 107 cm³/mol. The molecule has 2 aromatic carbocycles. The van der Waals surface area contributed by atoms with Gasteiger partial charge < -0.3 is 10.2 Å². The van der Waals surface area contributed by atoms with Gasteiger partial charge in [0.1, 0.15) is 0 Å². The average molecular weight is 420 g/mol. The van der Waals surface area contributed by atoms with Crippen LogP contribution in [0.15, 0.2) is 54.6 Å². The van der Waals surface area contributed by atoms with Gasteiger partial charge in [-0.2, -0.15) is 24.6 Å². The maximum absolute atomic E-state index is 4.58. The number of hydrogen-bond acceptors (Lipinski definition) is 2. The van der Waals surface area contributed by atoms with E-state index in [-0.39, 0.29) is 32.7 Å². The first kappa shape index (κ1) is 20.9. The first-order chi connectivity index (χ1) is 12.1. The van der Waals surface area contributed by atoms with Gasteiger partial charge in [-0.15, -0.1) is 24.7 Å². The van der Waals surface area contributed by atoms with Gasteiger partial charge in [-0.05, 0) is 44.3 Å². The fourth-order valence-corrected chi connectivity index (χ4v) is 3.08. The molecule has 3 aromatic rings. The minimum Gasteiger partial charge on any atom is -0.659 e. The van der Waals surface area contributed by atoms with E-state index in [4.69, 9.17) is 0 Å². The summed E-state index contributed by atoms with van der Waals surface area (Å²) in [6.45, 7) is 11.8. The molecule has 0 bridgehead atoms. The van der Waals surface area contributed by atoms with Crippen LogP contribution in [0, 0.1) is 20.8 Å². The molecule has 0 N–H and O–H groups in total. The molecule has 0 unspecified atom stereocenters. The summed E-state index contributed by atoms with van der Waals surface area (Å²) in [4.78, 5) is 6.99. The maximum atomic E-state index is 4.58. The summed E-state index contributed by atoms with van der Waals surface area (Å²) in [5.74, 6) is 0. The summed E-state index contributed by atoms with van der Waals surface area (Å²) >= 11 is 0. The molecular weight excluding hydrogens is 395 g/mol. The number of hydrogen-bond donors (Lipinski definition) is 0. The Morgan fingerprint density at radius 3 is 2.35 bits per heavy atom. The number of fused-ring (bicyclic) bond motifs is 1. The van der Waals surface area contributed by atoms with E-state index >= 15 is 0 Å². The van der Waals surface area contributed by atoms with Crippen LogP contribution >= 0.6 is 0 Å². The number of benzene rings is 2. The average Bonchev–Trinajstić information content (AvgIpc) is 2.62.